The summed E-state index contributed by atoms with van der Waals surface area (Å²) in [7, 11) is 3.34. The fourth-order valence-electron chi connectivity index (χ4n) is 2.40. The number of benzene rings is 1. The van der Waals surface area contributed by atoms with E-state index in [2.05, 4.69) is 19.1 Å². The van der Waals surface area contributed by atoms with Gasteiger partial charge in [0.05, 0.1) is 14.2 Å². The van der Waals surface area contributed by atoms with Crippen LogP contribution in [0.25, 0.3) is 0 Å². The summed E-state index contributed by atoms with van der Waals surface area (Å²) >= 11 is 0. The van der Waals surface area contributed by atoms with Crippen LogP contribution in [0.2, 0.25) is 0 Å². The smallest absolute Gasteiger partial charge is 0.161 e. The minimum atomic E-state index is 0.256. The quantitative estimate of drug-likeness (QED) is 0.846. The minimum Gasteiger partial charge on any atom is -0.493 e. The number of nitrogens with two attached hydrogens (primary N) is 1. The summed E-state index contributed by atoms with van der Waals surface area (Å²) in [6.07, 6.45) is 2.15. The molecular weight excluding hydrogens is 202 g/mol. The molecule has 1 aromatic rings. The molecule has 88 valence electrons. The lowest BCUT2D eigenvalue weighted by Crippen LogP contribution is -2.25. The maximum absolute atomic E-state index is 5.83. The fourth-order valence-corrected chi connectivity index (χ4v) is 2.40. The van der Waals surface area contributed by atoms with Crippen LogP contribution in [0, 0.1) is 0 Å². The van der Waals surface area contributed by atoms with Gasteiger partial charge in [0.2, 0.25) is 0 Å². The van der Waals surface area contributed by atoms with Crippen LogP contribution in [0.15, 0.2) is 12.1 Å². The Kier molecular flexibility index (Phi) is 3.06. The third kappa shape index (κ3) is 1.87. The SMILES string of the molecule is COc1cc2c(cc1OC)[C@H](CC(C)N)C2. The molecule has 0 radical (unpaired) electrons. The first kappa shape index (κ1) is 11.3. The number of ether oxygens (including phenoxy) is 2. The summed E-state index contributed by atoms with van der Waals surface area (Å²) in [6, 6.07) is 4.42. The summed E-state index contributed by atoms with van der Waals surface area (Å²) in [5.74, 6) is 2.23. The van der Waals surface area contributed by atoms with Crippen molar-refractivity contribution in [2.24, 2.45) is 5.73 Å². The van der Waals surface area contributed by atoms with Crippen molar-refractivity contribution in [3.63, 3.8) is 0 Å². The molecule has 2 N–H and O–H groups in total. The van der Waals surface area contributed by atoms with Crippen LogP contribution in [-0.2, 0) is 6.42 Å². The van der Waals surface area contributed by atoms with Gasteiger partial charge in [-0.05, 0) is 48.9 Å². The van der Waals surface area contributed by atoms with Crippen molar-refractivity contribution in [1.29, 1.82) is 0 Å². The summed E-state index contributed by atoms with van der Waals surface area (Å²) in [5.41, 5.74) is 8.57. The molecule has 1 aliphatic rings. The van der Waals surface area contributed by atoms with Crippen molar-refractivity contribution >= 4 is 0 Å². The van der Waals surface area contributed by atoms with Gasteiger partial charge in [-0.3, -0.25) is 0 Å². The molecule has 0 spiro atoms. The molecule has 2 rings (SSSR count). The summed E-state index contributed by atoms with van der Waals surface area (Å²) < 4.78 is 10.6. The Balaban J connectivity index is 2.24. The van der Waals surface area contributed by atoms with Gasteiger partial charge in [-0.15, -0.1) is 0 Å². The van der Waals surface area contributed by atoms with Crippen molar-refractivity contribution in [3.8, 4) is 11.5 Å². The molecular formula is C13H19NO2. The Morgan fingerprint density at radius 2 is 1.94 bits per heavy atom. The summed E-state index contributed by atoms with van der Waals surface area (Å²) in [5, 5.41) is 0. The average molecular weight is 221 g/mol. The Morgan fingerprint density at radius 1 is 1.31 bits per heavy atom. The molecule has 3 heteroatoms. The van der Waals surface area contributed by atoms with Crippen molar-refractivity contribution in [2.45, 2.75) is 31.7 Å². The van der Waals surface area contributed by atoms with Crippen molar-refractivity contribution < 1.29 is 9.47 Å². The van der Waals surface area contributed by atoms with Gasteiger partial charge in [0, 0.05) is 6.04 Å². The maximum Gasteiger partial charge on any atom is 0.161 e. The zero-order valence-corrected chi connectivity index (χ0v) is 10.1. The van der Waals surface area contributed by atoms with Crippen LogP contribution in [-0.4, -0.2) is 20.3 Å². The third-order valence-corrected chi connectivity index (χ3v) is 3.21. The van der Waals surface area contributed by atoms with Gasteiger partial charge in [0.25, 0.3) is 0 Å². The first-order valence-corrected chi connectivity index (χ1v) is 5.66. The van der Waals surface area contributed by atoms with E-state index in [1.54, 1.807) is 14.2 Å². The van der Waals surface area contributed by atoms with Crippen molar-refractivity contribution in [1.82, 2.24) is 0 Å². The summed E-state index contributed by atoms with van der Waals surface area (Å²) in [4.78, 5) is 0. The van der Waals surface area contributed by atoms with Gasteiger partial charge in [-0.25, -0.2) is 0 Å². The third-order valence-electron chi connectivity index (χ3n) is 3.21. The maximum atomic E-state index is 5.83. The van der Waals surface area contributed by atoms with E-state index < -0.39 is 0 Å². The Labute approximate surface area is 96.5 Å². The molecule has 0 heterocycles. The number of rotatable bonds is 4. The molecule has 0 saturated carbocycles. The lowest BCUT2D eigenvalue weighted by molar-refractivity contribution is 0.351. The highest BCUT2D eigenvalue weighted by Crippen LogP contribution is 2.43. The lowest BCUT2D eigenvalue weighted by atomic mass is 9.74. The molecule has 1 unspecified atom stereocenters. The van der Waals surface area contributed by atoms with E-state index in [0.717, 1.165) is 24.3 Å². The Morgan fingerprint density at radius 3 is 2.50 bits per heavy atom. The van der Waals surface area contributed by atoms with E-state index >= 15 is 0 Å². The lowest BCUT2D eigenvalue weighted by Gasteiger charge is -2.32. The molecule has 1 aliphatic carbocycles. The van der Waals surface area contributed by atoms with E-state index in [0.29, 0.717) is 5.92 Å². The molecule has 0 aliphatic heterocycles. The van der Waals surface area contributed by atoms with E-state index in [-0.39, 0.29) is 6.04 Å². The van der Waals surface area contributed by atoms with Crippen LogP contribution in [0.3, 0.4) is 0 Å². The van der Waals surface area contributed by atoms with E-state index in [1.807, 2.05) is 0 Å². The monoisotopic (exact) mass is 221 g/mol. The second kappa shape index (κ2) is 4.34. The largest absolute Gasteiger partial charge is 0.493 e. The zero-order valence-electron chi connectivity index (χ0n) is 10.1. The average Bonchev–Trinajstić information content (AvgIpc) is 2.25. The second-order valence-electron chi connectivity index (χ2n) is 4.52. The molecule has 3 nitrogen and oxygen atoms in total. The van der Waals surface area contributed by atoms with Gasteiger partial charge < -0.3 is 15.2 Å². The predicted octanol–water partition coefficient (Wildman–Crippen LogP) is 2.08. The first-order chi connectivity index (χ1) is 7.65. The van der Waals surface area contributed by atoms with E-state index in [1.165, 1.54) is 11.1 Å². The highest BCUT2D eigenvalue weighted by atomic mass is 16.5. The van der Waals surface area contributed by atoms with E-state index in [4.69, 9.17) is 15.2 Å². The molecule has 0 aromatic heterocycles. The standard InChI is InChI=1S/C13H19NO2/c1-8(14)4-9-5-10-6-12(15-2)13(16-3)7-11(9)10/h6-9H,4-5,14H2,1-3H3/t8?,9-/m1/s1. The minimum absolute atomic E-state index is 0.256. The molecule has 1 aromatic carbocycles. The van der Waals surface area contributed by atoms with Crippen LogP contribution in [0.1, 0.15) is 30.4 Å². The van der Waals surface area contributed by atoms with Gasteiger partial charge in [-0.1, -0.05) is 0 Å². The van der Waals surface area contributed by atoms with Gasteiger partial charge in [-0.2, -0.15) is 0 Å². The normalized spacial score (nSPS) is 19.6. The molecule has 0 bridgehead atoms. The van der Waals surface area contributed by atoms with Crippen molar-refractivity contribution in [2.75, 3.05) is 14.2 Å². The Bertz CT molecular complexity index is 388. The topological polar surface area (TPSA) is 44.5 Å². The Hall–Kier alpha value is -1.22. The van der Waals surface area contributed by atoms with Crippen LogP contribution >= 0.6 is 0 Å². The highest BCUT2D eigenvalue weighted by molar-refractivity contribution is 5.53. The molecule has 2 atom stereocenters. The van der Waals surface area contributed by atoms with Gasteiger partial charge in [0.15, 0.2) is 11.5 Å². The molecule has 0 amide bonds. The van der Waals surface area contributed by atoms with Crippen LogP contribution in [0.5, 0.6) is 11.5 Å². The summed E-state index contributed by atoms with van der Waals surface area (Å²) in [6.45, 7) is 2.05. The molecule has 0 saturated heterocycles. The first-order valence-electron chi connectivity index (χ1n) is 5.66. The van der Waals surface area contributed by atoms with Crippen LogP contribution < -0.4 is 15.2 Å². The van der Waals surface area contributed by atoms with Gasteiger partial charge in [0.1, 0.15) is 0 Å². The van der Waals surface area contributed by atoms with Crippen molar-refractivity contribution in [3.05, 3.63) is 23.3 Å². The number of methoxy groups -OCH3 is 2. The molecule has 0 fully saturated rings. The van der Waals surface area contributed by atoms with Crippen LogP contribution in [0.4, 0.5) is 0 Å². The zero-order chi connectivity index (χ0) is 11.7. The van der Waals surface area contributed by atoms with E-state index in [9.17, 15) is 0 Å². The number of fused-ring (bicyclic) bond motifs is 1. The number of hydrogen-bond donors (Lipinski definition) is 1. The second-order valence-corrected chi connectivity index (χ2v) is 4.52. The number of hydrogen-bond acceptors (Lipinski definition) is 3. The fraction of sp³-hybridized carbons (Fsp3) is 0.538. The van der Waals surface area contributed by atoms with Gasteiger partial charge >= 0.3 is 0 Å². The predicted molar refractivity (Wildman–Crippen MR) is 64.3 cm³/mol. The highest BCUT2D eigenvalue weighted by Gasteiger charge is 2.28. The molecule has 16 heavy (non-hydrogen) atoms.